The highest BCUT2D eigenvalue weighted by Crippen LogP contribution is 1.97. The van der Waals surface area contributed by atoms with Crippen molar-refractivity contribution in [2.24, 2.45) is 0 Å². The molecule has 12 heavy (non-hydrogen) atoms. The third kappa shape index (κ3) is 5.55. The smallest absolute Gasteiger partial charge is 0.148 e. The Balaban J connectivity index is 3.90. The highest BCUT2D eigenvalue weighted by molar-refractivity contribution is 7.90. The Bertz CT molecular complexity index is 209. The van der Waals surface area contributed by atoms with Gasteiger partial charge in [-0.15, -0.1) is 0 Å². The first-order valence-corrected chi connectivity index (χ1v) is 6.34. The van der Waals surface area contributed by atoms with Crippen LogP contribution in [0.1, 0.15) is 20.8 Å². The van der Waals surface area contributed by atoms with Crippen LogP contribution >= 0.6 is 0 Å². The molecule has 0 saturated carbocycles. The van der Waals surface area contributed by atoms with Crippen LogP contribution in [0.2, 0.25) is 0 Å². The molecule has 0 aromatic heterocycles. The maximum absolute atomic E-state index is 10.8. The van der Waals surface area contributed by atoms with Crippen LogP contribution in [0, 0.1) is 0 Å². The lowest BCUT2D eigenvalue weighted by atomic mass is 10.3. The van der Waals surface area contributed by atoms with Crippen LogP contribution in [0.15, 0.2) is 0 Å². The molecule has 0 N–H and O–H groups in total. The van der Waals surface area contributed by atoms with Crippen LogP contribution in [0.25, 0.3) is 0 Å². The van der Waals surface area contributed by atoms with E-state index in [1.165, 1.54) is 6.26 Å². The van der Waals surface area contributed by atoms with Crippen molar-refractivity contribution in [2.45, 2.75) is 26.8 Å². The first kappa shape index (κ1) is 11.9. The molecular weight excluding hydrogens is 174 g/mol. The quantitative estimate of drug-likeness (QED) is 0.647. The van der Waals surface area contributed by atoms with E-state index in [1.54, 1.807) is 0 Å². The van der Waals surface area contributed by atoms with E-state index < -0.39 is 9.84 Å². The Morgan fingerprint density at radius 1 is 1.33 bits per heavy atom. The number of sulfone groups is 1. The standard InChI is InChI=1S/C8H19NO2S/c1-5-9(8(2)3)6-7-12(4,10)11/h8H,5-7H2,1-4H3. The van der Waals surface area contributed by atoms with Gasteiger partial charge in [0.2, 0.25) is 0 Å². The summed E-state index contributed by atoms with van der Waals surface area (Å²) in [5, 5.41) is 0. The van der Waals surface area contributed by atoms with Crippen LogP contribution in [-0.2, 0) is 9.84 Å². The van der Waals surface area contributed by atoms with Crippen molar-refractivity contribution in [1.82, 2.24) is 4.90 Å². The van der Waals surface area contributed by atoms with Gasteiger partial charge in [-0.05, 0) is 20.4 Å². The van der Waals surface area contributed by atoms with E-state index in [0.29, 0.717) is 12.6 Å². The molecule has 0 spiro atoms. The molecule has 0 heterocycles. The van der Waals surface area contributed by atoms with Gasteiger partial charge in [-0.25, -0.2) is 8.42 Å². The number of hydrogen-bond donors (Lipinski definition) is 0. The van der Waals surface area contributed by atoms with Gasteiger partial charge in [0.25, 0.3) is 0 Å². The molecule has 0 radical (unpaired) electrons. The van der Waals surface area contributed by atoms with E-state index >= 15 is 0 Å². The molecule has 3 nitrogen and oxygen atoms in total. The zero-order valence-corrected chi connectivity index (χ0v) is 9.19. The Morgan fingerprint density at radius 2 is 1.83 bits per heavy atom. The van der Waals surface area contributed by atoms with Crippen LogP contribution in [0.5, 0.6) is 0 Å². The second kappa shape index (κ2) is 4.82. The predicted molar refractivity (Wildman–Crippen MR) is 52.1 cm³/mol. The van der Waals surface area contributed by atoms with Gasteiger partial charge in [0.15, 0.2) is 0 Å². The fourth-order valence-electron chi connectivity index (χ4n) is 1.06. The Labute approximate surface area is 75.7 Å². The summed E-state index contributed by atoms with van der Waals surface area (Å²) in [4.78, 5) is 2.14. The normalized spacial score (nSPS) is 12.8. The molecule has 0 rings (SSSR count). The summed E-state index contributed by atoms with van der Waals surface area (Å²) < 4.78 is 21.7. The van der Waals surface area contributed by atoms with E-state index in [1.807, 2.05) is 6.92 Å². The Morgan fingerprint density at radius 3 is 2.08 bits per heavy atom. The lowest BCUT2D eigenvalue weighted by Gasteiger charge is -2.23. The summed E-state index contributed by atoms with van der Waals surface area (Å²) in [7, 11) is -2.80. The second-order valence-electron chi connectivity index (χ2n) is 3.35. The van der Waals surface area contributed by atoms with Crippen molar-refractivity contribution in [2.75, 3.05) is 25.1 Å². The summed E-state index contributed by atoms with van der Waals surface area (Å²) in [6.45, 7) is 7.75. The molecule has 0 aliphatic rings. The molecule has 0 saturated heterocycles. The number of rotatable bonds is 5. The number of hydrogen-bond acceptors (Lipinski definition) is 3. The van der Waals surface area contributed by atoms with Gasteiger partial charge in [0, 0.05) is 18.8 Å². The van der Waals surface area contributed by atoms with Crippen molar-refractivity contribution in [3.8, 4) is 0 Å². The van der Waals surface area contributed by atoms with Crippen molar-refractivity contribution in [3.05, 3.63) is 0 Å². The summed E-state index contributed by atoms with van der Waals surface area (Å²) >= 11 is 0. The third-order valence-corrected chi connectivity index (χ3v) is 2.81. The highest BCUT2D eigenvalue weighted by Gasteiger charge is 2.09. The van der Waals surface area contributed by atoms with Crippen LogP contribution < -0.4 is 0 Å². The molecule has 0 bridgehead atoms. The molecule has 0 aliphatic carbocycles. The highest BCUT2D eigenvalue weighted by atomic mass is 32.2. The molecule has 0 fully saturated rings. The van der Waals surface area contributed by atoms with E-state index in [9.17, 15) is 8.42 Å². The molecule has 74 valence electrons. The molecule has 0 amide bonds. The molecule has 0 atom stereocenters. The average Bonchev–Trinajstić information content (AvgIpc) is 1.85. The molecule has 0 aliphatic heterocycles. The maximum Gasteiger partial charge on any atom is 0.148 e. The number of nitrogens with zero attached hydrogens (tertiary/aromatic N) is 1. The zero-order chi connectivity index (χ0) is 9.78. The van der Waals surface area contributed by atoms with Crippen LogP contribution in [0.4, 0.5) is 0 Å². The SMILES string of the molecule is CCN(CCS(C)(=O)=O)C(C)C. The maximum atomic E-state index is 10.8. The van der Waals surface area contributed by atoms with Gasteiger partial charge in [-0.1, -0.05) is 6.92 Å². The van der Waals surface area contributed by atoms with Gasteiger partial charge in [0.1, 0.15) is 9.84 Å². The topological polar surface area (TPSA) is 37.4 Å². The van der Waals surface area contributed by atoms with Crippen LogP contribution in [-0.4, -0.2) is 44.5 Å². The van der Waals surface area contributed by atoms with Gasteiger partial charge in [-0.2, -0.15) is 0 Å². The van der Waals surface area contributed by atoms with Gasteiger partial charge in [-0.3, -0.25) is 0 Å². The van der Waals surface area contributed by atoms with Crippen molar-refractivity contribution in [1.29, 1.82) is 0 Å². The minimum Gasteiger partial charge on any atom is -0.300 e. The first-order valence-electron chi connectivity index (χ1n) is 4.28. The lowest BCUT2D eigenvalue weighted by molar-refractivity contribution is 0.247. The van der Waals surface area contributed by atoms with Gasteiger partial charge < -0.3 is 4.90 Å². The lowest BCUT2D eigenvalue weighted by Crippen LogP contribution is -2.34. The molecule has 0 aromatic carbocycles. The summed E-state index contributed by atoms with van der Waals surface area (Å²) in [6, 6.07) is 0.428. The Hall–Kier alpha value is -0.0900. The zero-order valence-electron chi connectivity index (χ0n) is 8.37. The summed E-state index contributed by atoms with van der Waals surface area (Å²) in [5.74, 6) is 0.263. The fourth-order valence-corrected chi connectivity index (χ4v) is 1.63. The third-order valence-electron chi connectivity index (χ3n) is 1.89. The van der Waals surface area contributed by atoms with E-state index in [0.717, 1.165) is 6.54 Å². The van der Waals surface area contributed by atoms with E-state index in [-0.39, 0.29) is 5.75 Å². The summed E-state index contributed by atoms with van der Waals surface area (Å²) in [6.07, 6.45) is 1.28. The van der Waals surface area contributed by atoms with Crippen molar-refractivity contribution >= 4 is 9.84 Å². The van der Waals surface area contributed by atoms with Crippen molar-refractivity contribution < 1.29 is 8.42 Å². The Kier molecular flexibility index (Phi) is 4.78. The molecule has 4 heteroatoms. The fraction of sp³-hybridized carbons (Fsp3) is 1.00. The van der Waals surface area contributed by atoms with Gasteiger partial charge in [0.05, 0.1) is 5.75 Å². The average molecular weight is 193 g/mol. The largest absolute Gasteiger partial charge is 0.300 e. The second-order valence-corrected chi connectivity index (χ2v) is 5.61. The minimum atomic E-state index is -2.80. The van der Waals surface area contributed by atoms with Gasteiger partial charge >= 0.3 is 0 Å². The minimum absolute atomic E-state index is 0.263. The predicted octanol–water partition coefficient (Wildman–Crippen LogP) is 0.761. The van der Waals surface area contributed by atoms with E-state index in [2.05, 4.69) is 18.7 Å². The first-order chi connectivity index (χ1) is 5.37. The van der Waals surface area contributed by atoms with Crippen molar-refractivity contribution in [3.63, 3.8) is 0 Å². The molecule has 0 unspecified atom stereocenters. The summed E-state index contributed by atoms with van der Waals surface area (Å²) in [5.41, 5.74) is 0. The molecular formula is C8H19NO2S. The van der Waals surface area contributed by atoms with E-state index in [4.69, 9.17) is 0 Å². The van der Waals surface area contributed by atoms with Crippen LogP contribution in [0.3, 0.4) is 0 Å². The molecule has 0 aromatic rings. The monoisotopic (exact) mass is 193 g/mol.